The van der Waals surface area contributed by atoms with Crippen molar-refractivity contribution >= 4 is 40.3 Å². The van der Waals surface area contributed by atoms with E-state index >= 15 is 0 Å². The molecule has 0 fully saturated rings. The summed E-state index contributed by atoms with van der Waals surface area (Å²) >= 11 is 0. The molecule has 4 aromatic rings. The van der Waals surface area contributed by atoms with E-state index in [1.54, 1.807) is 20.4 Å². The number of ether oxygens (including phenoxy) is 1. The zero-order valence-electron chi connectivity index (χ0n) is 19.8. The minimum absolute atomic E-state index is 0.186. The van der Waals surface area contributed by atoms with Gasteiger partial charge in [-0.25, -0.2) is 9.97 Å². The molecule has 0 unspecified atom stereocenters. The summed E-state index contributed by atoms with van der Waals surface area (Å²) in [6, 6.07) is 7.96. The molecule has 0 aliphatic rings. The van der Waals surface area contributed by atoms with E-state index in [1.807, 2.05) is 61.6 Å². The van der Waals surface area contributed by atoms with Gasteiger partial charge in [-0.1, -0.05) is 6.08 Å². The van der Waals surface area contributed by atoms with E-state index in [-0.39, 0.29) is 5.95 Å². The number of aryl methyl sites for hydroxylation is 1. The minimum atomic E-state index is 0.186. The van der Waals surface area contributed by atoms with E-state index < -0.39 is 0 Å². The number of aromatic nitrogens is 5. The number of rotatable bonds is 8. The predicted molar refractivity (Wildman–Crippen MR) is 137 cm³/mol. The third kappa shape index (κ3) is 4.79. The molecule has 0 saturated carbocycles. The molecule has 174 valence electrons. The van der Waals surface area contributed by atoms with Gasteiger partial charge in [0.1, 0.15) is 11.5 Å². The Balaban J connectivity index is 1.82. The van der Waals surface area contributed by atoms with Crippen molar-refractivity contribution in [1.29, 1.82) is 0 Å². The number of aromatic amines is 1. The zero-order chi connectivity index (χ0) is 24.1. The van der Waals surface area contributed by atoms with Gasteiger partial charge in [0.05, 0.1) is 12.3 Å². The molecule has 0 saturated heterocycles. The maximum atomic E-state index is 6.18. The highest BCUT2D eigenvalue weighted by Gasteiger charge is 2.17. The first-order valence-corrected chi connectivity index (χ1v) is 10.9. The summed E-state index contributed by atoms with van der Waals surface area (Å²) in [6.45, 7) is 5.05. The van der Waals surface area contributed by atoms with Crippen molar-refractivity contribution in [3.8, 4) is 11.3 Å². The molecule has 34 heavy (non-hydrogen) atoms. The number of fused-ring (bicyclic) bond motifs is 1. The van der Waals surface area contributed by atoms with E-state index in [4.69, 9.17) is 10.5 Å². The number of pyridine rings is 2. The number of anilines is 3. The van der Waals surface area contributed by atoms with Gasteiger partial charge in [0, 0.05) is 79.5 Å². The SMILES string of the molecule is C/C=C(\C=N/C)c1cnc2[nH]cc(-c3cc(N(CCOC)c4ccnc(C)c4)nc(N)n3)c2c1. The van der Waals surface area contributed by atoms with E-state index in [1.165, 1.54) is 0 Å². The van der Waals surface area contributed by atoms with Crippen LogP contribution in [0.2, 0.25) is 0 Å². The van der Waals surface area contributed by atoms with E-state index in [2.05, 4.69) is 36.0 Å². The van der Waals surface area contributed by atoms with Crippen LogP contribution in [0.15, 0.2) is 53.9 Å². The Kier molecular flexibility index (Phi) is 6.93. The number of nitrogens with zero attached hydrogens (tertiary/aromatic N) is 6. The molecule has 9 heteroatoms. The van der Waals surface area contributed by atoms with Crippen molar-refractivity contribution < 1.29 is 4.74 Å². The average Bonchev–Trinajstić information content (AvgIpc) is 3.26. The van der Waals surface area contributed by atoms with Crippen LogP contribution in [0, 0.1) is 6.92 Å². The molecule has 0 spiro atoms. The Labute approximate surface area is 198 Å². The average molecular weight is 457 g/mol. The number of nitrogens with one attached hydrogen (secondary N) is 1. The number of H-pyrrole nitrogens is 1. The number of methoxy groups -OCH3 is 1. The van der Waals surface area contributed by atoms with Gasteiger partial charge >= 0.3 is 0 Å². The predicted octanol–water partition coefficient (Wildman–Crippen LogP) is 4.19. The molecule has 0 amide bonds. The van der Waals surface area contributed by atoms with Gasteiger partial charge in [-0.2, -0.15) is 4.98 Å². The summed E-state index contributed by atoms with van der Waals surface area (Å²) in [5.74, 6) is 0.863. The maximum absolute atomic E-state index is 6.18. The second-order valence-corrected chi connectivity index (χ2v) is 7.72. The molecule has 3 N–H and O–H groups in total. The van der Waals surface area contributed by atoms with Crippen LogP contribution in [0.5, 0.6) is 0 Å². The maximum Gasteiger partial charge on any atom is 0.222 e. The molecule has 0 bridgehead atoms. The number of nitrogens with two attached hydrogens (primary N) is 1. The lowest BCUT2D eigenvalue weighted by Gasteiger charge is -2.24. The van der Waals surface area contributed by atoms with Gasteiger partial charge in [-0.15, -0.1) is 0 Å². The van der Waals surface area contributed by atoms with Crippen molar-refractivity contribution in [1.82, 2.24) is 24.9 Å². The van der Waals surface area contributed by atoms with Gasteiger partial charge in [0.15, 0.2) is 0 Å². The number of allylic oxidation sites excluding steroid dienone is 2. The van der Waals surface area contributed by atoms with Gasteiger partial charge in [-0.05, 0) is 37.6 Å². The van der Waals surface area contributed by atoms with Crippen molar-refractivity contribution in [2.24, 2.45) is 4.99 Å². The number of hydrogen-bond donors (Lipinski definition) is 2. The van der Waals surface area contributed by atoms with Crippen LogP contribution in [0.3, 0.4) is 0 Å². The molecule has 0 aliphatic carbocycles. The Morgan fingerprint density at radius 1 is 1.24 bits per heavy atom. The molecule has 4 aromatic heterocycles. The van der Waals surface area contributed by atoms with Gasteiger partial charge in [0.25, 0.3) is 0 Å². The topological polar surface area (TPSA) is 118 Å². The van der Waals surface area contributed by atoms with Crippen LogP contribution in [-0.2, 0) is 4.74 Å². The zero-order valence-corrected chi connectivity index (χ0v) is 19.8. The largest absolute Gasteiger partial charge is 0.383 e. The van der Waals surface area contributed by atoms with Crippen molar-refractivity contribution in [3.63, 3.8) is 0 Å². The van der Waals surface area contributed by atoms with Crippen molar-refractivity contribution in [2.45, 2.75) is 13.8 Å². The third-order valence-corrected chi connectivity index (χ3v) is 5.44. The number of hydrogen-bond acceptors (Lipinski definition) is 8. The number of nitrogen functional groups attached to an aromatic ring is 1. The Hall–Kier alpha value is -4.11. The standard InChI is InChI=1S/C25H28N8O/c1-5-17(13-27-3)18-11-20-21(15-30-24(20)29-14-18)22-12-23(32-25(26)31-22)33(8-9-34-4)19-6-7-28-16(2)10-19/h5-7,10-15H,8-9H2,1-4H3,(H,29,30)(H2,26,31,32)/b17-5+,27-13-. The normalized spacial score (nSPS) is 12.1. The number of aliphatic imine (C=N–C) groups is 1. The third-order valence-electron chi connectivity index (χ3n) is 5.44. The Morgan fingerprint density at radius 3 is 2.82 bits per heavy atom. The molecule has 4 rings (SSSR count). The lowest BCUT2D eigenvalue weighted by Crippen LogP contribution is -2.23. The minimum Gasteiger partial charge on any atom is -0.383 e. The van der Waals surface area contributed by atoms with Crippen LogP contribution in [-0.4, -0.2) is 58.4 Å². The van der Waals surface area contributed by atoms with Gasteiger partial charge in [-0.3, -0.25) is 9.98 Å². The Morgan fingerprint density at radius 2 is 2.09 bits per heavy atom. The highest BCUT2D eigenvalue weighted by molar-refractivity contribution is 6.10. The first kappa shape index (κ1) is 23.1. The van der Waals surface area contributed by atoms with Crippen molar-refractivity contribution in [3.05, 3.63) is 60.2 Å². The molecule has 0 atom stereocenters. The fourth-order valence-corrected chi connectivity index (χ4v) is 3.81. The van der Waals surface area contributed by atoms with Crippen LogP contribution in [0.25, 0.3) is 27.9 Å². The van der Waals surface area contributed by atoms with E-state index in [0.29, 0.717) is 24.7 Å². The first-order valence-electron chi connectivity index (χ1n) is 10.9. The highest BCUT2D eigenvalue weighted by Crippen LogP contribution is 2.32. The van der Waals surface area contributed by atoms with Crippen molar-refractivity contribution in [2.75, 3.05) is 37.9 Å². The van der Waals surface area contributed by atoms with Crippen LogP contribution in [0.4, 0.5) is 17.5 Å². The smallest absolute Gasteiger partial charge is 0.222 e. The summed E-state index contributed by atoms with van der Waals surface area (Å²) in [6.07, 6.45) is 9.33. The van der Waals surface area contributed by atoms with Crippen LogP contribution < -0.4 is 10.6 Å². The fraction of sp³-hybridized carbons (Fsp3) is 0.240. The van der Waals surface area contributed by atoms with E-state index in [0.717, 1.165) is 39.1 Å². The Bertz CT molecular complexity index is 1360. The summed E-state index contributed by atoms with van der Waals surface area (Å²) in [5.41, 5.74) is 12.4. The lowest BCUT2D eigenvalue weighted by molar-refractivity contribution is 0.207. The monoisotopic (exact) mass is 456 g/mol. The van der Waals surface area contributed by atoms with Crippen LogP contribution >= 0.6 is 0 Å². The van der Waals surface area contributed by atoms with Gasteiger partial charge in [0.2, 0.25) is 5.95 Å². The molecular formula is C25H28N8O. The van der Waals surface area contributed by atoms with Gasteiger partial charge < -0.3 is 20.4 Å². The summed E-state index contributed by atoms with van der Waals surface area (Å²) < 4.78 is 5.34. The second-order valence-electron chi connectivity index (χ2n) is 7.72. The quantitative estimate of drug-likeness (QED) is 0.382. The summed E-state index contributed by atoms with van der Waals surface area (Å²) in [4.78, 5) is 27.4. The highest BCUT2D eigenvalue weighted by atomic mass is 16.5. The summed E-state index contributed by atoms with van der Waals surface area (Å²) in [5, 5.41) is 0.939. The summed E-state index contributed by atoms with van der Waals surface area (Å²) in [7, 11) is 3.43. The van der Waals surface area contributed by atoms with Crippen LogP contribution in [0.1, 0.15) is 18.2 Å². The lowest BCUT2D eigenvalue weighted by atomic mass is 10.1. The first-order chi connectivity index (χ1) is 16.5. The van der Waals surface area contributed by atoms with E-state index in [9.17, 15) is 0 Å². The molecular weight excluding hydrogens is 428 g/mol. The molecule has 0 radical (unpaired) electrons. The molecule has 0 aliphatic heterocycles. The second kappa shape index (κ2) is 10.2. The molecule has 0 aromatic carbocycles. The molecule has 9 nitrogen and oxygen atoms in total. The molecule has 4 heterocycles. The fourth-order valence-electron chi connectivity index (χ4n) is 3.81.